The second-order valence-electron chi connectivity index (χ2n) is 24.8. The number of anilines is 3. The average Bonchev–Trinajstić information content (AvgIpc) is 1.60. The summed E-state index contributed by atoms with van der Waals surface area (Å²) in [6.45, 7) is 4.87. The highest BCUT2D eigenvalue weighted by Gasteiger charge is 2.50. The number of ether oxygens (including phenoxy) is 6. The first kappa shape index (κ1) is 65.2. The number of fused-ring (bicyclic) bond motifs is 3. The van der Waals surface area contributed by atoms with Gasteiger partial charge < -0.3 is 44.4 Å². The van der Waals surface area contributed by atoms with Crippen LogP contribution in [-0.2, 0) is 43.9 Å². The van der Waals surface area contributed by atoms with Crippen molar-refractivity contribution in [1.82, 2.24) is 29.7 Å². The van der Waals surface area contributed by atoms with Gasteiger partial charge in [0, 0.05) is 36.5 Å². The Bertz CT molecular complexity index is 4800. The van der Waals surface area contributed by atoms with E-state index in [0.29, 0.717) is 53.2 Å². The van der Waals surface area contributed by atoms with Crippen molar-refractivity contribution >= 4 is 99.7 Å². The van der Waals surface area contributed by atoms with E-state index in [2.05, 4.69) is 30.9 Å². The standard InChI is InChI=1S/3C23H24FN3O7S/c3*1-4-34-21-17(33-2)10-9-14(26-21)16(11-35(3,31)32)27-22(29)18-13(24)7-8-15(19(18)23(27)30)25-20(28)12-5-6-12/h3*7-10,12,16H,4-6,11H2,1-3H3,(H,25,28)/t2*16-;/m10./s1/i3*2D3. The molecular formula is C69H72F3N9O21S3. The molecule has 105 heavy (non-hydrogen) atoms. The van der Waals surface area contributed by atoms with Crippen molar-refractivity contribution in [3.8, 4) is 34.9 Å². The summed E-state index contributed by atoms with van der Waals surface area (Å²) in [6, 6.07) is 8.76. The number of hydrogen-bond donors (Lipinski definition) is 3. The maximum atomic E-state index is 14.8. The van der Waals surface area contributed by atoms with Crippen LogP contribution in [-0.4, -0.2) is 185 Å². The third-order valence-electron chi connectivity index (χ3n) is 16.7. The van der Waals surface area contributed by atoms with Gasteiger partial charge in [-0.05, 0) is 132 Å². The lowest BCUT2D eigenvalue weighted by molar-refractivity contribution is -0.118. The molecule has 3 aliphatic heterocycles. The molecule has 6 heterocycles. The summed E-state index contributed by atoms with van der Waals surface area (Å²) in [5, 5.41) is 7.67. The van der Waals surface area contributed by atoms with Crippen LogP contribution in [0.4, 0.5) is 30.2 Å². The first-order chi connectivity index (χ1) is 53.1. The number of carbonyl (C=O) groups is 9. The molecule has 3 saturated carbocycles. The maximum Gasteiger partial charge on any atom is 0.265 e. The van der Waals surface area contributed by atoms with Crippen molar-refractivity contribution in [2.45, 2.75) is 77.4 Å². The Labute approximate surface area is 613 Å². The molecular weight excluding hydrogens is 1440 g/mol. The molecule has 3 atom stereocenters. The number of rotatable bonds is 27. The molecule has 3 aliphatic carbocycles. The molecule has 558 valence electrons. The number of hydrogen-bond acceptors (Lipinski definition) is 24. The summed E-state index contributed by atoms with van der Waals surface area (Å²) in [5.74, 6) is -15.4. The lowest BCUT2D eigenvalue weighted by Crippen LogP contribution is -2.38. The van der Waals surface area contributed by atoms with Crippen molar-refractivity contribution in [3.05, 3.63) is 141 Å². The van der Waals surface area contributed by atoms with Crippen LogP contribution in [0.25, 0.3) is 0 Å². The number of imide groups is 3. The van der Waals surface area contributed by atoms with Crippen molar-refractivity contribution in [2.75, 3.05) is 92.9 Å². The normalized spacial score (nSPS) is 17.8. The second-order valence-corrected chi connectivity index (χ2v) is 31.4. The fourth-order valence-corrected chi connectivity index (χ4v) is 14.2. The van der Waals surface area contributed by atoms with E-state index in [1.807, 2.05) is 0 Å². The minimum atomic E-state index is -3.86. The molecule has 9 amide bonds. The van der Waals surface area contributed by atoms with Gasteiger partial charge in [-0.3, -0.25) is 57.9 Å². The Kier molecular flexibility index (Phi) is 19.2. The van der Waals surface area contributed by atoms with Crippen molar-refractivity contribution in [2.24, 2.45) is 17.8 Å². The van der Waals surface area contributed by atoms with Crippen LogP contribution >= 0.6 is 0 Å². The molecule has 3 N–H and O–H groups in total. The highest BCUT2D eigenvalue weighted by Crippen LogP contribution is 2.44. The zero-order chi connectivity index (χ0) is 84.0. The van der Waals surface area contributed by atoms with Crippen molar-refractivity contribution in [3.63, 3.8) is 0 Å². The van der Waals surface area contributed by atoms with Crippen LogP contribution in [0.15, 0.2) is 72.8 Å². The topological polar surface area (TPSA) is 396 Å². The molecule has 12 rings (SSSR count). The van der Waals surface area contributed by atoms with Crippen LogP contribution < -0.4 is 44.4 Å². The van der Waals surface area contributed by atoms with Gasteiger partial charge >= 0.3 is 0 Å². The van der Waals surface area contributed by atoms with Gasteiger partial charge in [0.05, 0.1) is 156 Å². The predicted molar refractivity (Wildman–Crippen MR) is 368 cm³/mol. The minimum absolute atomic E-state index is 0.0346. The summed E-state index contributed by atoms with van der Waals surface area (Å²) in [6.07, 6.45) is 6.65. The zero-order valence-electron chi connectivity index (χ0n) is 65.5. The fourth-order valence-electron chi connectivity index (χ4n) is 11.5. The Morgan fingerprint density at radius 3 is 0.867 bits per heavy atom. The zero-order valence-corrected chi connectivity index (χ0v) is 58.9. The summed E-state index contributed by atoms with van der Waals surface area (Å²) in [7, 11) is -20.1. The van der Waals surface area contributed by atoms with Gasteiger partial charge in [-0.15, -0.1) is 0 Å². The van der Waals surface area contributed by atoms with Crippen molar-refractivity contribution < 1.29 is 122 Å². The number of sulfone groups is 3. The van der Waals surface area contributed by atoms with Crippen LogP contribution in [0.3, 0.4) is 0 Å². The molecule has 6 aliphatic rings. The number of aromatic nitrogens is 3. The minimum Gasteiger partial charge on any atom is -0.491 e. The summed E-state index contributed by atoms with van der Waals surface area (Å²) in [5.41, 5.74) is -3.62. The molecule has 1 unspecified atom stereocenters. The van der Waals surface area contributed by atoms with E-state index in [-0.39, 0.29) is 124 Å². The Balaban J connectivity index is 0.000000181. The number of methoxy groups -OCH3 is 3. The number of benzene rings is 3. The SMILES string of the molecule is [2H]C([2H])([2H])Oc1ccc(C(CS(C)(=O)=O)N2C(=O)c3c(F)ccc(NC(=O)C4CC4)c3C2=O)nc1OCC.[2H]C([2H])([2H])Oc1ccc([C@@H](CS(C)(=O)=O)N2C(=O)c3c(F)ccc(NC(=O)C4CC4)c3C2=O)nc1OCC.[2H]C([2H])([2H])Oc1ccc([C@H](CS(C)(=O)=O)N2C(=O)c3c(F)ccc(NC(=O)C4CC4)c3C2=O)nc1OCC. The summed E-state index contributed by atoms with van der Waals surface area (Å²) in [4.78, 5) is 132. The van der Waals surface area contributed by atoms with E-state index in [1.54, 1.807) is 20.8 Å². The van der Waals surface area contributed by atoms with Gasteiger partial charge in [-0.1, -0.05) is 0 Å². The average molecular weight is 1530 g/mol. The van der Waals surface area contributed by atoms with Gasteiger partial charge in [0.15, 0.2) is 17.2 Å². The van der Waals surface area contributed by atoms with Gasteiger partial charge in [0.25, 0.3) is 53.1 Å². The van der Waals surface area contributed by atoms with Crippen LogP contribution in [0.5, 0.6) is 34.9 Å². The van der Waals surface area contributed by atoms with E-state index in [0.717, 1.165) is 55.2 Å². The molecule has 3 fully saturated rings. The number of halogens is 3. The van der Waals surface area contributed by atoms with E-state index < -0.39 is 172 Å². The van der Waals surface area contributed by atoms with E-state index in [1.165, 1.54) is 36.4 Å². The molecule has 0 spiro atoms. The fraction of sp³-hybridized carbons (Fsp3) is 0.391. The van der Waals surface area contributed by atoms with E-state index >= 15 is 0 Å². The first-order valence-electron chi connectivity index (χ1n) is 36.6. The molecule has 0 radical (unpaired) electrons. The molecule has 0 saturated heterocycles. The highest BCUT2D eigenvalue weighted by molar-refractivity contribution is 7.91. The molecule has 36 heteroatoms. The van der Waals surface area contributed by atoms with E-state index in [4.69, 9.17) is 40.8 Å². The second kappa shape index (κ2) is 31.0. The van der Waals surface area contributed by atoms with Crippen LogP contribution in [0, 0.1) is 35.2 Å². The molecule has 3 aromatic carbocycles. The van der Waals surface area contributed by atoms with Crippen LogP contribution in [0.1, 0.15) is 169 Å². The molecule has 6 aromatic rings. The van der Waals surface area contributed by atoms with Gasteiger partial charge in [-0.25, -0.2) is 53.4 Å². The molecule has 0 bridgehead atoms. The van der Waals surface area contributed by atoms with Gasteiger partial charge in [0.2, 0.25) is 17.7 Å². The largest absolute Gasteiger partial charge is 0.491 e. The lowest BCUT2D eigenvalue weighted by atomic mass is 10.1. The monoisotopic (exact) mass is 1520 g/mol. The van der Waals surface area contributed by atoms with Crippen LogP contribution in [0.2, 0.25) is 0 Å². The third-order valence-corrected chi connectivity index (χ3v) is 19.5. The third kappa shape index (κ3) is 17.0. The number of nitrogens with zero attached hydrogens (tertiary/aromatic N) is 6. The maximum absolute atomic E-state index is 14.8. The lowest BCUT2D eigenvalue weighted by Gasteiger charge is -2.26. The van der Waals surface area contributed by atoms with Gasteiger partial charge in [0.1, 0.15) is 47.0 Å². The Morgan fingerprint density at radius 1 is 0.419 bits per heavy atom. The van der Waals surface area contributed by atoms with Gasteiger partial charge in [-0.2, -0.15) is 0 Å². The molecule has 3 aromatic heterocycles. The summed E-state index contributed by atoms with van der Waals surface area (Å²) >= 11 is 0. The smallest absolute Gasteiger partial charge is 0.265 e. The van der Waals surface area contributed by atoms with Crippen molar-refractivity contribution in [1.29, 1.82) is 0 Å². The number of amides is 9. The predicted octanol–water partition coefficient (Wildman–Crippen LogP) is 7.08. The number of nitrogens with one attached hydrogen (secondary N) is 3. The highest BCUT2D eigenvalue weighted by atomic mass is 32.2. The number of carbonyl (C=O) groups excluding carboxylic acids is 9. The summed E-state index contributed by atoms with van der Waals surface area (Å²) < 4.78 is 215. The Hall–Kier alpha value is -10.6. The quantitative estimate of drug-likeness (QED) is 0.0434. The van der Waals surface area contributed by atoms with E-state index in [9.17, 15) is 81.6 Å². The number of pyridine rings is 3. The first-order valence-corrected chi connectivity index (χ1v) is 38.3. The Morgan fingerprint density at radius 2 is 0.657 bits per heavy atom. The molecule has 30 nitrogen and oxygen atoms in total.